The van der Waals surface area contributed by atoms with Crippen LogP contribution in [-0.4, -0.2) is 58.9 Å². The predicted octanol–water partition coefficient (Wildman–Crippen LogP) is 5.16. The van der Waals surface area contributed by atoms with Crippen molar-refractivity contribution in [1.29, 1.82) is 0 Å². The van der Waals surface area contributed by atoms with E-state index in [1.165, 1.54) is 4.88 Å². The topological polar surface area (TPSA) is 63.5 Å². The summed E-state index contributed by atoms with van der Waals surface area (Å²) in [6.07, 6.45) is 1.77. The summed E-state index contributed by atoms with van der Waals surface area (Å²) >= 11 is 1.68. The Labute approximate surface area is 209 Å². The van der Waals surface area contributed by atoms with E-state index in [-0.39, 0.29) is 11.9 Å². The van der Waals surface area contributed by atoms with Crippen molar-refractivity contribution < 1.29 is 9.53 Å². The van der Waals surface area contributed by atoms with Crippen molar-refractivity contribution in [3.8, 4) is 10.6 Å². The largest absolute Gasteiger partial charge is 0.378 e. The third-order valence-electron chi connectivity index (χ3n) is 6.38. The second-order valence-corrected chi connectivity index (χ2v) is 10.6. The minimum absolute atomic E-state index is 0.0352. The van der Waals surface area contributed by atoms with Crippen molar-refractivity contribution in [3.63, 3.8) is 0 Å². The van der Waals surface area contributed by atoms with Crippen LogP contribution in [0.15, 0.2) is 48.7 Å². The van der Waals surface area contributed by atoms with Gasteiger partial charge in [-0.3, -0.25) is 4.79 Å². The number of morpholine rings is 1. The molecule has 182 valence electrons. The van der Waals surface area contributed by atoms with Gasteiger partial charge in [0.15, 0.2) is 5.65 Å². The van der Waals surface area contributed by atoms with E-state index < -0.39 is 0 Å². The Hall–Kier alpha value is -3.23. The number of anilines is 1. The maximum atomic E-state index is 13.8. The Morgan fingerprint density at radius 2 is 1.94 bits per heavy atom. The lowest BCUT2D eigenvalue weighted by Gasteiger charge is -2.31. The van der Waals surface area contributed by atoms with Crippen LogP contribution in [0.25, 0.3) is 21.6 Å². The van der Waals surface area contributed by atoms with Crippen LogP contribution in [-0.2, 0) is 11.3 Å². The average Bonchev–Trinajstić information content (AvgIpc) is 3.50. The number of amides is 1. The number of hydrogen-bond acceptors (Lipinski definition) is 6. The van der Waals surface area contributed by atoms with Gasteiger partial charge >= 0.3 is 0 Å². The molecule has 0 unspecified atom stereocenters. The summed E-state index contributed by atoms with van der Waals surface area (Å²) in [7, 11) is 1.87. The molecule has 0 N–H and O–H groups in total. The monoisotopic (exact) mass is 489 g/mol. The normalized spacial score (nSPS) is 14.1. The first-order chi connectivity index (χ1) is 16.9. The highest BCUT2D eigenvalue weighted by Gasteiger charge is 2.23. The Balaban J connectivity index is 1.51. The molecule has 1 saturated heterocycles. The average molecular weight is 490 g/mol. The lowest BCUT2D eigenvalue weighted by Crippen LogP contribution is -2.37. The van der Waals surface area contributed by atoms with Gasteiger partial charge in [-0.2, -0.15) is 5.10 Å². The van der Waals surface area contributed by atoms with Gasteiger partial charge < -0.3 is 14.5 Å². The predicted molar refractivity (Wildman–Crippen MR) is 141 cm³/mol. The molecule has 0 bridgehead atoms. The molecule has 35 heavy (non-hydrogen) atoms. The van der Waals surface area contributed by atoms with Gasteiger partial charge in [0.25, 0.3) is 5.91 Å². The summed E-state index contributed by atoms with van der Waals surface area (Å²) in [5, 5.41) is 5.35. The van der Waals surface area contributed by atoms with Crippen LogP contribution < -0.4 is 4.90 Å². The van der Waals surface area contributed by atoms with Crippen LogP contribution in [0.3, 0.4) is 0 Å². The van der Waals surface area contributed by atoms with Gasteiger partial charge in [-0.15, -0.1) is 11.3 Å². The molecule has 4 aromatic rings. The van der Waals surface area contributed by atoms with Crippen molar-refractivity contribution in [1.82, 2.24) is 19.7 Å². The first-order valence-corrected chi connectivity index (χ1v) is 12.8. The number of hydrogen-bond donors (Lipinski definition) is 0. The lowest BCUT2D eigenvalue weighted by molar-refractivity contribution is 0.0786. The number of aryl methyl sites for hydroxylation is 1. The number of benzene rings is 1. The van der Waals surface area contributed by atoms with Crippen LogP contribution >= 0.6 is 11.3 Å². The first-order valence-electron chi connectivity index (χ1n) is 12.0. The summed E-state index contributed by atoms with van der Waals surface area (Å²) in [5.74, 6) is -0.0352. The molecule has 0 aliphatic carbocycles. The van der Waals surface area contributed by atoms with E-state index in [2.05, 4.69) is 61.1 Å². The number of rotatable bonds is 6. The van der Waals surface area contributed by atoms with E-state index in [0.29, 0.717) is 12.1 Å². The SMILES string of the molecule is Cc1ccc(-c2cc(C(=O)N(C)Cc3ccccc3N3CCOCC3)c3cnn(C(C)C)c3n2)s1. The van der Waals surface area contributed by atoms with E-state index in [1.807, 2.05) is 23.9 Å². The smallest absolute Gasteiger partial charge is 0.254 e. The number of aromatic nitrogens is 3. The van der Waals surface area contributed by atoms with Crippen LogP contribution in [0, 0.1) is 6.92 Å². The van der Waals surface area contributed by atoms with Gasteiger partial charge in [-0.1, -0.05) is 18.2 Å². The fraction of sp³-hybridized carbons (Fsp3) is 0.370. The number of fused-ring (bicyclic) bond motifs is 1. The lowest BCUT2D eigenvalue weighted by atomic mass is 10.1. The fourth-order valence-corrected chi connectivity index (χ4v) is 5.39. The Kier molecular flexibility index (Phi) is 6.58. The van der Waals surface area contributed by atoms with E-state index in [0.717, 1.165) is 59.2 Å². The van der Waals surface area contributed by atoms with Crippen molar-refractivity contribution in [2.75, 3.05) is 38.3 Å². The molecule has 4 heterocycles. The van der Waals surface area contributed by atoms with Crippen LogP contribution in [0.5, 0.6) is 0 Å². The third-order valence-corrected chi connectivity index (χ3v) is 7.40. The summed E-state index contributed by atoms with van der Waals surface area (Å²) in [4.78, 5) is 25.2. The second kappa shape index (κ2) is 9.79. The first kappa shape index (κ1) is 23.5. The molecule has 1 aliphatic heterocycles. The van der Waals surface area contributed by atoms with Crippen molar-refractivity contribution in [3.05, 3.63) is 64.7 Å². The quantitative estimate of drug-likeness (QED) is 0.374. The summed E-state index contributed by atoms with van der Waals surface area (Å²) in [6, 6.07) is 14.5. The molecular formula is C27H31N5O2S. The van der Waals surface area contributed by atoms with Gasteiger partial charge in [-0.25, -0.2) is 9.67 Å². The summed E-state index contributed by atoms with van der Waals surface area (Å²) in [5.41, 5.74) is 4.48. The highest BCUT2D eigenvalue weighted by Crippen LogP contribution is 2.31. The molecule has 0 spiro atoms. The molecule has 0 radical (unpaired) electrons. The minimum Gasteiger partial charge on any atom is -0.378 e. The number of thiophene rings is 1. The number of ether oxygens (including phenoxy) is 1. The number of para-hydroxylation sites is 1. The number of carbonyl (C=O) groups excluding carboxylic acids is 1. The zero-order valence-electron chi connectivity index (χ0n) is 20.7. The van der Waals surface area contributed by atoms with Crippen LogP contribution in [0.1, 0.15) is 40.7 Å². The highest BCUT2D eigenvalue weighted by molar-refractivity contribution is 7.15. The highest BCUT2D eigenvalue weighted by atomic mass is 32.1. The van der Waals surface area contributed by atoms with E-state index in [4.69, 9.17) is 9.72 Å². The number of carbonyl (C=O) groups is 1. The summed E-state index contributed by atoms with van der Waals surface area (Å²) in [6.45, 7) is 9.92. The molecular weight excluding hydrogens is 458 g/mol. The molecule has 0 saturated carbocycles. The molecule has 8 heteroatoms. The van der Waals surface area contributed by atoms with Gasteiger partial charge in [0.2, 0.25) is 0 Å². The Morgan fingerprint density at radius 1 is 1.17 bits per heavy atom. The number of nitrogens with zero attached hydrogens (tertiary/aromatic N) is 5. The zero-order valence-corrected chi connectivity index (χ0v) is 21.5. The zero-order chi connectivity index (χ0) is 24.5. The maximum absolute atomic E-state index is 13.8. The second-order valence-electron chi connectivity index (χ2n) is 9.27. The van der Waals surface area contributed by atoms with Gasteiger partial charge in [0.1, 0.15) is 0 Å². The molecule has 0 atom stereocenters. The van der Waals surface area contributed by atoms with E-state index in [1.54, 1.807) is 22.4 Å². The van der Waals surface area contributed by atoms with Crippen molar-refractivity contribution >= 4 is 34.0 Å². The van der Waals surface area contributed by atoms with Crippen LogP contribution in [0.2, 0.25) is 0 Å². The van der Waals surface area contributed by atoms with E-state index >= 15 is 0 Å². The van der Waals surface area contributed by atoms with Crippen LogP contribution in [0.4, 0.5) is 5.69 Å². The molecule has 1 fully saturated rings. The Bertz CT molecular complexity index is 1350. The molecule has 5 rings (SSSR count). The standard InChI is InChI=1S/C27H31N5O2S/c1-18(2)32-26-22(16-28-32)21(15-23(29-26)25-10-9-19(3)35-25)27(33)30(4)17-20-7-5-6-8-24(20)31-11-13-34-14-12-31/h5-10,15-16,18H,11-14,17H2,1-4H3. The van der Waals surface area contributed by atoms with Gasteiger partial charge in [-0.05, 0) is 50.6 Å². The van der Waals surface area contributed by atoms with Crippen molar-refractivity contribution in [2.45, 2.75) is 33.4 Å². The fourth-order valence-electron chi connectivity index (χ4n) is 4.56. The molecule has 1 aliphatic rings. The third kappa shape index (κ3) is 4.68. The minimum atomic E-state index is -0.0352. The maximum Gasteiger partial charge on any atom is 0.254 e. The van der Waals surface area contributed by atoms with Gasteiger partial charge in [0.05, 0.1) is 40.9 Å². The molecule has 3 aromatic heterocycles. The molecule has 1 amide bonds. The Morgan fingerprint density at radius 3 is 2.66 bits per heavy atom. The van der Waals surface area contributed by atoms with Gasteiger partial charge in [0, 0.05) is 43.3 Å². The summed E-state index contributed by atoms with van der Waals surface area (Å²) < 4.78 is 7.42. The molecule has 1 aromatic carbocycles. The van der Waals surface area contributed by atoms with E-state index in [9.17, 15) is 4.79 Å². The number of pyridine rings is 1. The molecule has 7 nitrogen and oxygen atoms in total. The van der Waals surface area contributed by atoms with Crippen molar-refractivity contribution in [2.24, 2.45) is 0 Å².